The largest absolute Gasteiger partial charge is 0.335 e. The lowest BCUT2D eigenvalue weighted by molar-refractivity contribution is 0.219. The van der Waals surface area contributed by atoms with Gasteiger partial charge in [0.05, 0.1) is 4.90 Å². The Labute approximate surface area is 151 Å². The van der Waals surface area contributed by atoms with Crippen LogP contribution in [0.25, 0.3) is 0 Å². The number of sulfonamides is 1. The van der Waals surface area contributed by atoms with Crippen molar-refractivity contribution < 1.29 is 13.2 Å². The van der Waals surface area contributed by atoms with Gasteiger partial charge in [-0.1, -0.05) is 39.8 Å². The molecule has 1 fully saturated rings. The third kappa shape index (κ3) is 5.46. The Hall–Kier alpha value is -1.56. The van der Waals surface area contributed by atoms with Crippen LogP contribution in [0.2, 0.25) is 0 Å². The molecule has 0 radical (unpaired) electrons. The number of urea groups is 1. The molecule has 0 spiro atoms. The van der Waals surface area contributed by atoms with Crippen LogP contribution in [0.1, 0.15) is 64.9 Å². The maximum atomic E-state index is 12.3. The van der Waals surface area contributed by atoms with Gasteiger partial charge in [0.15, 0.2) is 0 Å². The van der Waals surface area contributed by atoms with Crippen LogP contribution < -0.4 is 10.0 Å². The molecule has 25 heavy (non-hydrogen) atoms. The Bertz CT molecular complexity index is 673. The summed E-state index contributed by atoms with van der Waals surface area (Å²) in [5, 5.41) is 2.80. The quantitative estimate of drug-likeness (QED) is 0.826. The fraction of sp³-hybridized carbons (Fsp3) is 0.632. The minimum atomic E-state index is -3.84. The number of nitrogens with one attached hydrogen (secondary N) is 2. The zero-order valence-electron chi connectivity index (χ0n) is 15.6. The Kier molecular flexibility index (Phi) is 6.49. The van der Waals surface area contributed by atoms with Crippen LogP contribution in [0.3, 0.4) is 0 Å². The molecule has 2 rings (SSSR count). The van der Waals surface area contributed by atoms with Crippen LogP contribution in [-0.4, -0.2) is 20.5 Å². The lowest BCUT2D eigenvalue weighted by Gasteiger charge is -2.31. The fourth-order valence-electron chi connectivity index (χ4n) is 3.36. The molecule has 0 atom stereocenters. The number of benzene rings is 1. The van der Waals surface area contributed by atoms with Gasteiger partial charge in [-0.25, -0.2) is 17.9 Å². The molecule has 1 aromatic rings. The molecule has 5 nitrogen and oxygen atoms in total. The molecule has 2 N–H and O–H groups in total. The van der Waals surface area contributed by atoms with E-state index in [9.17, 15) is 13.2 Å². The second-order valence-corrected chi connectivity index (χ2v) is 9.34. The Morgan fingerprint density at radius 3 is 2.04 bits per heavy atom. The molecular formula is C19H30N2O3S. The van der Waals surface area contributed by atoms with Crippen LogP contribution in [0.5, 0.6) is 0 Å². The molecule has 1 aliphatic carbocycles. The van der Waals surface area contributed by atoms with E-state index >= 15 is 0 Å². The van der Waals surface area contributed by atoms with E-state index in [0.717, 1.165) is 31.2 Å². The van der Waals surface area contributed by atoms with Crippen molar-refractivity contribution in [1.29, 1.82) is 0 Å². The average Bonchev–Trinajstić information content (AvgIpc) is 2.54. The van der Waals surface area contributed by atoms with Crippen molar-refractivity contribution in [2.45, 2.75) is 70.2 Å². The summed E-state index contributed by atoms with van der Waals surface area (Å²) in [6.45, 7) is 8.54. The standard InChI is InChI=1S/C19H30N2O3S/c1-13(2)15-5-9-17(10-6-15)20-19(22)21-25(23,24)18-11-7-16(8-12-18)14(3)4/h7-8,11-15,17H,5-6,9-10H2,1-4H3,(H2,20,21,22). The molecule has 1 saturated carbocycles. The molecule has 0 unspecified atom stereocenters. The fourth-order valence-corrected chi connectivity index (χ4v) is 4.27. The van der Waals surface area contributed by atoms with E-state index in [-0.39, 0.29) is 10.9 Å². The highest BCUT2D eigenvalue weighted by molar-refractivity contribution is 7.90. The van der Waals surface area contributed by atoms with Crippen LogP contribution in [-0.2, 0) is 10.0 Å². The number of carbonyl (C=O) groups excluding carboxylic acids is 1. The summed E-state index contributed by atoms with van der Waals surface area (Å²) in [6.07, 6.45) is 3.96. The molecule has 0 aromatic heterocycles. The summed E-state index contributed by atoms with van der Waals surface area (Å²) < 4.78 is 26.8. The zero-order valence-corrected chi connectivity index (χ0v) is 16.4. The second kappa shape index (κ2) is 8.21. The van der Waals surface area contributed by atoms with E-state index in [1.807, 2.05) is 13.8 Å². The van der Waals surface area contributed by atoms with Gasteiger partial charge >= 0.3 is 6.03 Å². The van der Waals surface area contributed by atoms with Crippen molar-refractivity contribution in [2.75, 3.05) is 0 Å². The Morgan fingerprint density at radius 2 is 1.56 bits per heavy atom. The van der Waals surface area contributed by atoms with Gasteiger partial charge in [-0.05, 0) is 61.1 Å². The summed E-state index contributed by atoms with van der Waals surface area (Å²) in [4.78, 5) is 12.2. The molecule has 2 amide bonds. The van der Waals surface area contributed by atoms with Crippen molar-refractivity contribution >= 4 is 16.1 Å². The number of rotatable bonds is 5. The van der Waals surface area contributed by atoms with Gasteiger partial charge in [0.2, 0.25) is 0 Å². The molecule has 0 bridgehead atoms. The van der Waals surface area contributed by atoms with Gasteiger partial charge in [-0.15, -0.1) is 0 Å². The Morgan fingerprint density at radius 1 is 1.00 bits per heavy atom. The second-order valence-electron chi connectivity index (χ2n) is 7.66. The molecule has 0 heterocycles. The molecule has 1 aliphatic rings. The molecule has 140 valence electrons. The minimum Gasteiger partial charge on any atom is -0.335 e. The highest BCUT2D eigenvalue weighted by Gasteiger charge is 2.25. The van der Waals surface area contributed by atoms with Crippen LogP contribution >= 0.6 is 0 Å². The summed E-state index contributed by atoms with van der Waals surface area (Å²) in [7, 11) is -3.84. The van der Waals surface area contributed by atoms with Crippen LogP contribution in [0.15, 0.2) is 29.2 Å². The van der Waals surface area contributed by atoms with Gasteiger partial charge in [0.1, 0.15) is 0 Å². The van der Waals surface area contributed by atoms with E-state index < -0.39 is 16.1 Å². The van der Waals surface area contributed by atoms with Crippen LogP contribution in [0.4, 0.5) is 4.79 Å². The van der Waals surface area contributed by atoms with Crippen LogP contribution in [0, 0.1) is 11.8 Å². The van der Waals surface area contributed by atoms with Gasteiger partial charge in [0.25, 0.3) is 10.0 Å². The molecule has 1 aromatic carbocycles. The predicted molar refractivity (Wildman–Crippen MR) is 100.0 cm³/mol. The van der Waals surface area contributed by atoms with Crippen molar-refractivity contribution in [3.63, 3.8) is 0 Å². The number of amides is 2. The first-order chi connectivity index (χ1) is 11.7. The molecule has 6 heteroatoms. The molecule has 0 aliphatic heterocycles. The molecular weight excluding hydrogens is 336 g/mol. The monoisotopic (exact) mass is 366 g/mol. The predicted octanol–water partition coefficient (Wildman–Crippen LogP) is 4.01. The normalized spacial score (nSPS) is 21.4. The summed E-state index contributed by atoms with van der Waals surface area (Å²) in [5.74, 6) is 1.68. The summed E-state index contributed by atoms with van der Waals surface area (Å²) in [5.41, 5.74) is 1.06. The summed E-state index contributed by atoms with van der Waals surface area (Å²) in [6, 6.07) is 6.06. The minimum absolute atomic E-state index is 0.0496. The van der Waals surface area contributed by atoms with E-state index in [1.165, 1.54) is 0 Å². The Balaban J connectivity index is 1.91. The van der Waals surface area contributed by atoms with E-state index in [2.05, 4.69) is 23.9 Å². The van der Waals surface area contributed by atoms with Gasteiger partial charge in [-0.3, -0.25) is 0 Å². The topological polar surface area (TPSA) is 75.3 Å². The number of hydrogen-bond donors (Lipinski definition) is 2. The van der Waals surface area contributed by atoms with Crippen molar-refractivity contribution in [3.05, 3.63) is 29.8 Å². The highest BCUT2D eigenvalue weighted by Crippen LogP contribution is 2.29. The lowest BCUT2D eigenvalue weighted by atomic mass is 9.80. The average molecular weight is 367 g/mol. The van der Waals surface area contributed by atoms with E-state index in [1.54, 1.807) is 24.3 Å². The number of hydrogen-bond acceptors (Lipinski definition) is 3. The van der Waals surface area contributed by atoms with Crippen molar-refractivity contribution in [2.24, 2.45) is 11.8 Å². The van der Waals surface area contributed by atoms with E-state index in [0.29, 0.717) is 17.8 Å². The maximum absolute atomic E-state index is 12.3. The number of carbonyl (C=O) groups is 1. The third-order valence-corrected chi connectivity index (χ3v) is 6.48. The lowest BCUT2D eigenvalue weighted by Crippen LogP contribution is -2.45. The SMILES string of the molecule is CC(C)c1ccc(S(=O)(=O)NC(=O)NC2CCC(C(C)C)CC2)cc1. The van der Waals surface area contributed by atoms with Crippen molar-refractivity contribution in [1.82, 2.24) is 10.0 Å². The van der Waals surface area contributed by atoms with Gasteiger partial charge < -0.3 is 5.32 Å². The van der Waals surface area contributed by atoms with Crippen molar-refractivity contribution in [3.8, 4) is 0 Å². The van der Waals surface area contributed by atoms with Gasteiger partial charge in [-0.2, -0.15) is 0 Å². The van der Waals surface area contributed by atoms with Gasteiger partial charge in [0, 0.05) is 6.04 Å². The summed E-state index contributed by atoms with van der Waals surface area (Å²) >= 11 is 0. The zero-order chi connectivity index (χ0) is 18.6. The highest BCUT2D eigenvalue weighted by atomic mass is 32.2. The van der Waals surface area contributed by atoms with E-state index in [4.69, 9.17) is 0 Å². The first-order valence-electron chi connectivity index (χ1n) is 9.12. The maximum Gasteiger partial charge on any atom is 0.328 e. The first-order valence-corrected chi connectivity index (χ1v) is 10.6. The smallest absolute Gasteiger partial charge is 0.328 e. The third-order valence-electron chi connectivity index (χ3n) is 5.13. The first kappa shape index (κ1) is 19.8. The molecule has 0 saturated heterocycles.